The number of nitrogens with one attached hydrogen (secondary N) is 1. The zero-order valence-corrected chi connectivity index (χ0v) is 13.5. The van der Waals surface area contributed by atoms with Gasteiger partial charge in [-0.3, -0.25) is 0 Å². The summed E-state index contributed by atoms with van der Waals surface area (Å²) in [4.78, 5) is 0. The Balaban J connectivity index is 2.67. The molecule has 20 heavy (non-hydrogen) atoms. The van der Waals surface area contributed by atoms with Crippen molar-refractivity contribution in [3.05, 3.63) is 29.3 Å². The minimum absolute atomic E-state index is 0.167. The van der Waals surface area contributed by atoms with Gasteiger partial charge in [-0.25, -0.2) is 0 Å². The molecule has 0 aliphatic heterocycles. The van der Waals surface area contributed by atoms with Crippen LogP contribution in [0.3, 0.4) is 0 Å². The number of hydrogen-bond donors (Lipinski definition) is 1. The molecule has 0 fully saturated rings. The average Bonchev–Trinajstić information content (AvgIpc) is 2.39. The third-order valence-electron chi connectivity index (χ3n) is 3.21. The number of aryl methyl sites for hydroxylation is 1. The van der Waals surface area contributed by atoms with Crippen molar-refractivity contribution in [3.63, 3.8) is 0 Å². The highest BCUT2D eigenvalue weighted by Gasteiger charge is 2.11. The maximum atomic E-state index is 6.12. The summed E-state index contributed by atoms with van der Waals surface area (Å²) in [5.74, 6) is 1.68. The first-order valence-corrected chi connectivity index (χ1v) is 7.49. The largest absolute Gasteiger partial charge is 0.490 e. The van der Waals surface area contributed by atoms with E-state index in [1.165, 1.54) is 11.1 Å². The molecule has 1 unspecified atom stereocenters. The smallest absolute Gasteiger partial charge is 0.127 e. The summed E-state index contributed by atoms with van der Waals surface area (Å²) in [5.41, 5.74) is 2.42. The number of ether oxygens (including phenoxy) is 2. The molecule has 3 heteroatoms. The predicted octanol–water partition coefficient (Wildman–Crippen LogP) is 3.54. The molecular weight excluding hydrogens is 250 g/mol. The minimum atomic E-state index is 0.167. The van der Waals surface area contributed by atoms with Gasteiger partial charge in [-0.05, 0) is 31.9 Å². The Morgan fingerprint density at radius 2 is 1.95 bits per heavy atom. The summed E-state index contributed by atoms with van der Waals surface area (Å²) in [6.45, 7) is 11.2. The zero-order valence-electron chi connectivity index (χ0n) is 13.5. The van der Waals surface area contributed by atoms with E-state index in [1.54, 1.807) is 7.11 Å². The van der Waals surface area contributed by atoms with Crippen molar-refractivity contribution in [1.82, 2.24) is 5.32 Å². The van der Waals surface area contributed by atoms with Crippen LogP contribution in [0.15, 0.2) is 18.2 Å². The topological polar surface area (TPSA) is 30.5 Å². The lowest BCUT2D eigenvalue weighted by Crippen LogP contribution is -2.21. The van der Waals surface area contributed by atoms with E-state index in [0.717, 1.165) is 31.9 Å². The molecule has 0 aliphatic carbocycles. The third-order valence-corrected chi connectivity index (χ3v) is 3.21. The lowest BCUT2D eigenvalue weighted by atomic mass is 10.1. The van der Waals surface area contributed by atoms with Gasteiger partial charge in [0.15, 0.2) is 0 Å². The van der Waals surface area contributed by atoms with Crippen LogP contribution in [-0.4, -0.2) is 26.4 Å². The van der Waals surface area contributed by atoms with Crippen LogP contribution in [0.4, 0.5) is 0 Å². The highest BCUT2D eigenvalue weighted by atomic mass is 16.5. The van der Waals surface area contributed by atoms with E-state index in [9.17, 15) is 0 Å². The fraction of sp³-hybridized carbons (Fsp3) is 0.647. The molecular formula is C17H29NO2. The molecule has 0 amide bonds. The number of methoxy groups -OCH3 is 1. The molecule has 1 N–H and O–H groups in total. The summed E-state index contributed by atoms with van der Waals surface area (Å²) in [7, 11) is 1.72. The van der Waals surface area contributed by atoms with Gasteiger partial charge in [0.2, 0.25) is 0 Å². The van der Waals surface area contributed by atoms with Crippen LogP contribution in [0, 0.1) is 12.8 Å². The monoisotopic (exact) mass is 279 g/mol. The molecule has 0 heterocycles. The molecule has 0 bridgehead atoms. The second-order valence-electron chi connectivity index (χ2n) is 5.80. The van der Waals surface area contributed by atoms with Crippen molar-refractivity contribution in [2.45, 2.75) is 46.8 Å². The molecule has 0 saturated carbocycles. The second-order valence-corrected chi connectivity index (χ2v) is 5.80. The van der Waals surface area contributed by atoms with Crippen molar-refractivity contribution in [2.24, 2.45) is 5.92 Å². The Labute approximate surface area is 123 Å². The van der Waals surface area contributed by atoms with E-state index in [2.05, 4.69) is 51.2 Å². The van der Waals surface area contributed by atoms with Crippen LogP contribution in [0.1, 0.15) is 38.3 Å². The van der Waals surface area contributed by atoms with Gasteiger partial charge in [-0.1, -0.05) is 32.0 Å². The van der Waals surface area contributed by atoms with Crippen LogP contribution < -0.4 is 10.1 Å². The Hall–Kier alpha value is -1.06. The van der Waals surface area contributed by atoms with E-state index >= 15 is 0 Å². The van der Waals surface area contributed by atoms with Crippen LogP contribution >= 0.6 is 0 Å². The van der Waals surface area contributed by atoms with Crippen molar-refractivity contribution in [3.8, 4) is 5.75 Å². The second kappa shape index (κ2) is 8.98. The Bertz CT molecular complexity index is 391. The summed E-state index contributed by atoms with van der Waals surface area (Å²) >= 11 is 0. The van der Waals surface area contributed by atoms with Crippen molar-refractivity contribution in [1.29, 1.82) is 0 Å². The van der Waals surface area contributed by atoms with E-state index < -0.39 is 0 Å². The number of para-hydroxylation sites is 1. The highest BCUT2D eigenvalue weighted by Crippen LogP contribution is 2.25. The molecule has 1 aromatic rings. The predicted molar refractivity (Wildman–Crippen MR) is 84.3 cm³/mol. The molecule has 1 rings (SSSR count). The van der Waals surface area contributed by atoms with E-state index in [0.29, 0.717) is 5.92 Å². The van der Waals surface area contributed by atoms with E-state index in [4.69, 9.17) is 9.47 Å². The van der Waals surface area contributed by atoms with Gasteiger partial charge in [-0.2, -0.15) is 0 Å². The van der Waals surface area contributed by atoms with Gasteiger partial charge in [0.1, 0.15) is 5.75 Å². The zero-order chi connectivity index (χ0) is 15.0. The SMILES string of the molecule is COCCC(C)Oc1c(C)cccc1CNCC(C)C. The van der Waals surface area contributed by atoms with Gasteiger partial charge < -0.3 is 14.8 Å². The first-order chi connectivity index (χ1) is 9.54. The van der Waals surface area contributed by atoms with Gasteiger partial charge in [0.05, 0.1) is 6.10 Å². The lowest BCUT2D eigenvalue weighted by Gasteiger charge is -2.20. The fourth-order valence-electron chi connectivity index (χ4n) is 2.06. The molecule has 0 radical (unpaired) electrons. The van der Waals surface area contributed by atoms with Gasteiger partial charge in [-0.15, -0.1) is 0 Å². The molecule has 0 saturated heterocycles. The maximum Gasteiger partial charge on any atom is 0.127 e. The molecule has 3 nitrogen and oxygen atoms in total. The first-order valence-electron chi connectivity index (χ1n) is 7.49. The Morgan fingerprint density at radius 3 is 2.60 bits per heavy atom. The summed E-state index contributed by atoms with van der Waals surface area (Å²) in [6, 6.07) is 6.33. The Kier molecular flexibility index (Phi) is 7.63. The normalized spacial score (nSPS) is 12.7. The fourth-order valence-corrected chi connectivity index (χ4v) is 2.06. The Morgan fingerprint density at radius 1 is 1.20 bits per heavy atom. The number of rotatable bonds is 9. The van der Waals surface area contributed by atoms with E-state index in [-0.39, 0.29) is 6.10 Å². The van der Waals surface area contributed by atoms with E-state index in [1.807, 2.05) is 0 Å². The van der Waals surface area contributed by atoms with Gasteiger partial charge in [0.25, 0.3) is 0 Å². The van der Waals surface area contributed by atoms with Crippen LogP contribution in [0.5, 0.6) is 5.75 Å². The minimum Gasteiger partial charge on any atom is -0.490 e. The highest BCUT2D eigenvalue weighted by molar-refractivity contribution is 5.40. The molecule has 1 atom stereocenters. The van der Waals surface area contributed by atoms with Gasteiger partial charge >= 0.3 is 0 Å². The maximum absolute atomic E-state index is 6.12. The van der Waals surface area contributed by atoms with Crippen LogP contribution in [0.25, 0.3) is 0 Å². The standard InChI is InChI=1S/C17H29NO2/c1-13(2)11-18-12-16-8-6-7-14(3)17(16)20-15(4)9-10-19-5/h6-8,13,15,18H,9-12H2,1-5H3. The summed E-state index contributed by atoms with van der Waals surface area (Å²) in [6.07, 6.45) is 1.07. The molecule has 114 valence electrons. The first kappa shape index (κ1) is 17.0. The van der Waals surface area contributed by atoms with Crippen molar-refractivity contribution < 1.29 is 9.47 Å². The summed E-state index contributed by atoms with van der Waals surface area (Å²) < 4.78 is 11.2. The van der Waals surface area contributed by atoms with Crippen LogP contribution in [-0.2, 0) is 11.3 Å². The average molecular weight is 279 g/mol. The van der Waals surface area contributed by atoms with Crippen molar-refractivity contribution >= 4 is 0 Å². The molecule has 0 aliphatic rings. The van der Waals surface area contributed by atoms with Crippen molar-refractivity contribution in [2.75, 3.05) is 20.3 Å². The molecule has 1 aromatic carbocycles. The number of hydrogen-bond acceptors (Lipinski definition) is 3. The number of benzene rings is 1. The quantitative estimate of drug-likeness (QED) is 0.750. The van der Waals surface area contributed by atoms with Crippen LogP contribution in [0.2, 0.25) is 0 Å². The third kappa shape index (κ3) is 5.93. The summed E-state index contributed by atoms with van der Waals surface area (Å²) in [5, 5.41) is 3.48. The molecule has 0 spiro atoms. The molecule has 0 aromatic heterocycles. The van der Waals surface area contributed by atoms with Gasteiger partial charge in [0, 0.05) is 32.2 Å². The lowest BCUT2D eigenvalue weighted by molar-refractivity contribution is 0.134.